The number of hydrogen-bond acceptors (Lipinski definition) is 2. The zero-order valence-corrected chi connectivity index (χ0v) is 13.6. The number of rotatable bonds is 6. The molecule has 0 bridgehead atoms. The number of carbonyl (C=O) groups excluding carboxylic acids is 1. The van der Waals surface area contributed by atoms with Gasteiger partial charge in [0.25, 0.3) is 5.91 Å². The minimum Gasteiger partial charge on any atom is -0.380 e. The molecular formula is C18H21ClN2O. The summed E-state index contributed by atoms with van der Waals surface area (Å²) in [6, 6.07) is 17.1. The summed E-state index contributed by atoms with van der Waals surface area (Å²) in [7, 11) is 0. The van der Waals surface area contributed by atoms with Crippen LogP contribution in [0.3, 0.4) is 0 Å². The lowest BCUT2D eigenvalue weighted by atomic mass is 10.0. The Morgan fingerprint density at radius 3 is 2.45 bits per heavy atom. The van der Waals surface area contributed by atoms with Crippen molar-refractivity contribution in [3.8, 4) is 0 Å². The van der Waals surface area contributed by atoms with Gasteiger partial charge in [-0.15, -0.1) is 0 Å². The Labute approximate surface area is 136 Å². The van der Waals surface area contributed by atoms with Crippen molar-refractivity contribution in [2.45, 2.75) is 19.9 Å². The number of benzene rings is 2. The predicted molar refractivity (Wildman–Crippen MR) is 92.5 cm³/mol. The lowest BCUT2D eigenvalue weighted by Gasteiger charge is -2.24. The second-order valence-electron chi connectivity index (χ2n) is 5.58. The molecule has 0 heterocycles. The third-order valence-electron chi connectivity index (χ3n) is 3.50. The minimum absolute atomic E-state index is 0.108. The molecule has 0 aromatic heterocycles. The van der Waals surface area contributed by atoms with Crippen LogP contribution in [0.25, 0.3) is 0 Å². The van der Waals surface area contributed by atoms with E-state index in [9.17, 15) is 4.79 Å². The normalized spacial score (nSPS) is 12.0. The van der Waals surface area contributed by atoms with Crippen LogP contribution in [-0.2, 0) is 0 Å². The molecular weight excluding hydrogens is 296 g/mol. The molecule has 0 aliphatic rings. The van der Waals surface area contributed by atoms with Gasteiger partial charge in [-0.2, -0.15) is 0 Å². The summed E-state index contributed by atoms with van der Waals surface area (Å²) in [5.74, 6) is 0.280. The lowest BCUT2D eigenvalue weighted by Crippen LogP contribution is -2.39. The maximum atomic E-state index is 12.2. The molecule has 0 aliphatic heterocycles. The molecule has 0 saturated heterocycles. The molecule has 3 nitrogen and oxygen atoms in total. The molecule has 2 aromatic rings. The Morgan fingerprint density at radius 1 is 1.09 bits per heavy atom. The van der Waals surface area contributed by atoms with Crippen LogP contribution in [0.15, 0.2) is 54.6 Å². The van der Waals surface area contributed by atoms with Crippen LogP contribution >= 0.6 is 11.6 Å². The monoisotopic (exact) mass is 316 g/mol. The first-order valence-corrected chi connectivity index (χ1v) is 7.79. The minimum atomic E-state index is -0.108. The number of anilines is 1. The molecule has 0 spiro atoms. The van der Waals surface area contributed by atoms with Crippen LogP contribution in [0, 0.1) is 5.92 Å². The van der Waals surface area contributed by atoms with Crippen molar-refractivity contribution in [2.75, 3.05) is 11.9 Å². The third kappa shape index (κ3) is 4.78. The van der Waals surface area contributed by atoms with Crippen molar-refractivity contribution in [3.63, 3.8) is 0 Å². The van der Waals surface area contributed by atoms with Crippen molar-refractivity contribution >= 4 is 23.2 Å². The summed E-state index contributed by atoms with van der Waals surface area (Å²) in [5, 5.41) is 6.99. The average Bonchev–Trinajstić information content (AvgIpc) is 2.51. The first kappa shape index (κ1) is 16.4. The van der Waals surface area contributed by atoms with E-state index in [1.165, 1.54) is 0 Å². The van der Waals surface area contributed by atoms with Gasteiger partial charge >= 0.3 is 0 Å². The Balaban J connectivity index is 1.96. The largest absolute Gasteiger partial charge is 0.380 e. The van der Waals surface area contributed by atoms with Gasteiger partial charge in [0.15, 0.2) is 0 Å². The second-order valence-corrected chi connectivity index (χ2v) is 6.02. The highest BCUT2D eigenvalue weighted by Gasteiger charge is 2.15. The molecule has 4 heteroatoms. The van der Waals surface area contributed by atoms with E-state index >= 15 is 0 Å². The third-order valence-corrected chi connectivity index (χ3v) is 3.74. The molecule has 2 rings (SSSR count). The van der Waals surface area contributed by atoms with E-state index in [0.29, 0.717) is 23.0 Å². The molecule has 1 atom stereocenters. The first-order valence-electron chi connectivity index (χ1n) is 7.41. The highest BCUT2D eigenvalue weighted by Crippen LogP contribution is 2.13. The SMILES string of the molecule is CC(C)C(CNC(=O)c1cccc(Cl)c1)Nc1ccccc1. The maximum absolute atomic E-state index is 12.2. The number of amides is 1. The molecule has 0 aliphatic carbocycles. The van der Waals surface area contributed by atoms with Crippen molar-refractivity contribution in [3.05, 3.63) is 65.2 Å². The summed E-state index contributed by atoms with van der Waals surface area (Å²) >= 11 is 5.92. The zero-order valence-electron chi connectivity index (χ0n) is 12.8. The van der Waals surface area contributed by atoms with Crippen LogP contribution in [0.5, 0.6) is 0 Å². The van der Waals surface area contributed by atoms with Gasteiger partial charge in [-0.3, -0.25) is 4.79 Å². The Morgan fingerprint density at radius 2 is 1.82 bits per heavy atom. The Kier molecular flexibility index (Phi) is 5.84. The fourth-order valence-electron chi connectivity index (χ4n) is 2.14. The van der Waals surface area contributed by atoms with E-state index in [4.69, 9.17) is 11.6 Å². The van der Waals surface area contributed by atoms with Crippen molar-refractivity contribution in [1.29, 1.82) is 0 Å². The average molecular weight is 317 g/mol. The topological polar surface area (TPSA) is 41.1 Å². The van der Waals surface area contributed by atoms with Gasteiger partial charge in [-0.1, -0.05) is 49.7 Å². The highest BCUT2D eigenvalue weighted by molar-refractivity contribution is 6.30. The number of para-hydroxylation sites is 1. The van der Waals surface area contributed by atoms with E-state index in [2.05, 4.69) is 24.5 Å². The van der Waals surface area contributed by atoms with Gasteiger partial charge in [-0.25, -0.2) is 0 Å². The van der Waals surface area contributed by atoms with Crippen LogP contribution < -0.4 is 10.6 Å². The van der Waals surface area contributed by atoms with Gasteiger partial charge in [0, 0.05) is 28.9 Å². The first-order chi connectivity index (χ1) is 10.6. The summed E-state index contributed by atoms with van der Waals surface area (Å²) < 4.78 is 0. The maximum Gasteiger partial charge on any atom is 0.251 e. The van der Waals surface area contributed by atoms with Gasteiger partial charge in [0.05, 0.1) is 0 Å². The molecule has 0 radical (unpaired) electrons. The molecule has 1 amide bonds. The van der Waals surface area contributed by atoms with Gasteiger partial charge in [-0.05, 0) is 36.2 Å². The standard InChI is InChI=1S/C18H21ClN2O/c1-13(2)17(21-16-9-4-3-5-10-16)12-20-18(22)14-7-6-8-15(19)11-14/h3-11,13,17,21H,12H2,1-2H3,(H,20,22). The molecule has 0 fully saturated rings. The molecule has 22 heavy (non-hydrogen) atoms. The van der Waals surface area contributed by atoms with Crippen molar-refractivity contribution in [2.24, 2.45) is 5.92 Å². The molecule has 2 N–H and O–H groups in total. The molecule has 0 saturated carbocycles. The van der Waals surface area contributed by atoms with Crippen molar-refractivity contribution < 1.29 is 4.79 Å². The van der Waals surface area contributed by atoms with E-state index in [0.717, 1.165) is 5.69 Å². The number of halogens is 1. The smallest absolute Gasteiger partial charge is 0.251 e. The number of nitrogens with one attached hydrogen (secondary N) is 2. The summed E-state index contributed by atoms with van der Waals surface area (Å²) in [5.41, 5.74) is 1.63. The molecule has 2 aromatic carbocycles. The van der Waals surface area contributed by atoms with Crippen LogP contribution in [0.2, 0.25) is 5.02 Å². The summed E-state index contributed by atoms with van der Waals surface area (Å²) in [4.78, 5) is 12.2. The van der Waals surface area contributed by atoms with E-state index in [1.54, 1.807) is 24.3 Å². The van der Waals surface area contributed by atoms with Crippen LogP contribution in [-0.4, -0.2) is 18.5 Å². The van der Waals surface area contributed by atoms with E-state index < -0.39 is 0 Å². The fourth-order valence-corrected chi connectivity index (χ4v) is 2.33. The highest BCUT2D eigenvalue weighted by atomic mass is 35.5. The lowest BCUT2D eigenvalue weighted by molar-refractivity contribution is 0.0950. The molecule has 1 unspecified atom stereocenters. The quantitative estimate of drug-likeness (QED) is 0.838. The number of carbonyl (C=O) groups is 1. The summed E-state index contributed by atoms with van der Waals surface area (Å²) in [6.07, 6.45) is 0. The van der Waals surface area contributed by atoms with Gasteiger partial charge < -0.3 is 10.6 Å². The van der Waals surface area contributed by atoms with Gasteiger partial charge in [0.2, 0.25) is 0 Å². The second kappa shape index (κ2) is 7.85. The van der Waals surface area contributed by atoms with Crippen LogP contribution in [0.1, 0.15) is 24.2 Å². The summed E-state index contributed by atoms with van der Waals surface area (Å²) in [6.45, 7) is 4.82. The number of hydrogen-bond donors (Lipinski definition) is 2. The fraction of sp³-hybridized carbons (Fsp3) is 0.278. The zero-order chi connectivity index (χ0) is 15.9. The Bertz CT molecular complexity index is 613. The van der Waals surface area contributed by atoms with E-state index in [-0.39, 0.29) is 11.9 Å². The molecule has 116 valence electrons. The Hall–Kier alpha value is -2.00. The van der Waals surface area contributed by atoms with E-state index in [1.807, 2.05) is 30.3 Å². The predicted octanol–water partition coefficient (Wildman–Crippen LogP) is 4.21. The van der Waals surface area contributed by atoms with Crippen molar-refractivity contribution in [1.82, 2.24) is 5.32 Å². The van der Waals surface area contributed by atoms with Crippen LogP contribution in [0.4, 0.5) is 5.69 Å². The van der Waals surface area contributed by atoms with Gasteiger partial charge in [0.1, 0.15) is 0 Å².